The first-order valence-electron chi connectivity index (χ1n) is 9.79. The average Bonchev–Trinajstić information content (AvgIpc) is 2.81. The van der Waals surface area contributed by atoms with E-state index in [-0.39, 0.29) is 5.57 Å². The number of hydrogen-bond donors (Lipinski definition) is 1. The highest BCUT2D eigenvalue weighted by molar-refractivity contribution is 7.99. The summed E-state index contributed by atoms with van der Waals surface area (Å²) in [4.78, 5) is 25.9. The third-order valence-electron chi connectivity index (χ3n) is 5.02. The van der Waals surface area contributed by atoms with Crippen LogP contribution in [0.2, 0.25) is 5.02 Å². The number of carbonyl (C=O) groups is 2. The lowest BCUT2D eigenvalue weighted by atomic mass is 9.80. The molecule has 0 bridgehead atoms. The van der Waals surface area contributed by atoms with Gasteiger partial charge in [0.2, 0.25) is 0 Å². The standard InChI is InChI=1S/C24H24ClNO5S/c1-14-18(22(27)29-2)19(15-9-8-10-16(25)13-15)20(23(28)30-3)21(26-14)24(32-4)31-17-11-6-5-7-12-17/h5-13,19,24,26H,1-4H3. The number of halogens is 1. The lowest BCUT2D eigenvalue weighted by molar-refractivity contribution is -0.137. The van der Waals surface area contributed by atoms with Crippen molar-refractivity contribution in [2.24, 2.45) is 0 Å². The minimum Gasteiger partial charge on any atom is -0.473 e. The first-order valence-corrected chi connectivity index (χ1v) is 11.5. The van der Waals surface area contributed by atoms with Gasteiger partial charge >= 0.3 is 11.9 Å². The number of dihydropyridines is 1. The number of esters is 2. The van der Waals surface area contributed by atoms with Crippen LogP contribution in [0.15, 0.2) is 77.1 Å². The summed E-state index contributed by atoms with van der Waals surface area (Å²) in [6.07, 6.45) is 1.88. The van der Waals surface area contributed by atoms with Gasteiger partial charge in [-0.2, -0.15) is 0 Å². The van der Waals surface area contributed by atoms with E-state index in [1.54, 1.807) is 25.1 Å². The van der Waals surface area contributed by atoms with E-state index in [1.165, 1.54) is 26.0 Å². The van der Waals surface area contributed by atoms with Crippen molar-refractivity contribution < 1.29 is 23.8 Å². The Bertz CT molecular complexity index is 1070. The molecule has 0 spiro atoms. The number of rotatable bonds is 7. The Morgan fingerprint density at radius 1 is 1.00 bits per heavy atom. The average molecular weight is 474 g/mol. The van der Waals surface area contributed by atoms with Gasteiger partial charge in [0.1, 0.15) is 5.75 Å². The van der Waals surface area contributed by atoms with Gasteiger partial charge in [-0.15, -0.1) is 11.8 Å². The highest BCUT2D eigenvalue weighted by Crippen LogP contribution is 2.42. The number of ether oxygens (including phenoxy) is 3. The molecule has 0 radical (unpaired) electrons. The molecule has 3 rings (SSSR count). The SMILES string of the molecule is COC(=O)C1=C(C)NC(C(Oc2ccccc2)SC)=C(C(=O)OC)C1c1cccc(Cl)c1. The van der Waals surface area contributed by atoms with Gasteiger partial charge in [0.15, 0.2) is 5.44 Å². The van der Waals surface area contributed by atoms with Crippen LogP contribution in [0.5, 0.6) is 5.75 Å². The second-order valence-electron chi connectivity index (χ2n) is 6.96. The molecule has 0 saturated carbocycles. The summed E-state index contributed by atoms with van der Waals surface area (Å²) in [5, 5.41) is 3.69. The van der Waals surface area contributed by atoms with E-state index in [9.17, 15) is 9.59 Å². The summed E-state index contributed by atoms with van der Waals surface area (Å²) in [6.45, 7) is 1.76. The highest BCUT2D eigenvalue weighted by Gasteiger charge is 2.41. The summed E-state index contributed by atoms with van der Waals surface area (Å²) in [5.41, 5.74) is 1.72. The zero-order chi connectivity index (χ0) is 23.3. The number of benzene rings is 2. The van der Waals surface area contributed by atoms with Crippen LogP contribution < -0.4 is 10.1 Å². The van der Waals surface area contributed by atoms with Crippen molar-refractivity contribution in [2.45, 2.75) is 18.3 Å². The number of nitrogens with one attached hydrogen (secondary N) is 1. The number of para-hydroxylation sites is 1. The first kappa shape index (κ1) is 23.8. The van der Waals surface area contributed by atoms with Crippen molar-refractivity contribution in [3.05, 3.63) is 87.7 Å². The van der Waals surface area contributed by atoms with E-state index < -0.39 is 23.3 Å². The van der Waals surface area contributed by atoms with Gasteiger partial charge in [0, 0.05) is 10.7 Å². The number of hydrogen-bond acceptors (Lipinski definition) is 7. The molecule has 0 aliphatic carbocycles. The van der Waals surface area contributed by atoms with E-state index in [2.05, 4.69) is 5.32 Å². The summed E-state index contributed by atoms with van der Waals surface area (Å²) < 4.78 is 16.4. The third kappa shape index (κ3) is 4.95. The molecular formula is C24H24ClNO5S. The van der Waals surface area contributed by atoms with Crippen molar-refractivity contribution in [1.82, 2.24) is 5.32 Å². The normalized spacial score (nSPS) is 16.8. The van der Waals surface area contributed by atoms with Crippen molar-refractivity contribution in [2.75, 3.05) is 20.5 Å². The second kappa shape index (κ2) is 10.6. The quantitative estimate of drug-likeness (QED) is 0.462. The molecule has 1 aliphatic rings. The molecule has 168 valence electrons. The van der Waals surface area contributed by atoms with E-state index >= 15 is 0 Å². The smallest absolute Gasteiger partial charge is 0.336 e. The molecule has 2 aromatic rings. The molecule has 0 aromatic heterocycles. The minimum absolute atomic E-state index is 0.260. The van der Waals surface area contributed by atoms with Gasteiger partial charge in [0.05, 0.1) is 37.0 Å². The maximum atomic E-state index is 13.1. The van der Waals surface area contributed by atoms with E-state index in [0.717, 1.165) is 0 Å². The molecule has 2 unspecified atom stereocenters. The molecule has 1 aliphatic heterocycles. The molecule has 2 aromatic carbocycles. The van der Waals surface area contributed by atoms with Crippen molar-refractivity contribution in [3.8, 4) is 5.75 Å². The molecule has 2 atom stereocenters. The maximum absolute atomic E-state index is 13.1. The van der Waals surface area contributed by atoms with Crippen LogP contribution in [0.3, 0.4) is 0 Å². The van der Waals surface area contributed by atoms with Gasteiger partial charge in [-0.05, 0) is 43.0 Å². The fraction of sp³-hybridized carbons (Fsp3) is 0.250. The molecule has 32 heavy (non-hydrogen) atoms. The molecule has 1 heterocycles. The highest BCUT2D eigenvalue weighted by atomic mass is 35.5. The summed E-state index contributed by atoms with van der Waals surface area (Å²) >= 11 is 7.65. The van der Waals surface area contributed by atoms with E-state index in [1.807, 2.05) is 42.7 Å². The lowest BCUT2D eigenvalue weighted by Gasteiger charge is -2.33. The summed E-state index contributed by atoms with van der Waals surface area (Å²) in [5.74, 6) is -1.24. The zero-order valence-corrected chi connectivity index (χ0v) is 19.8. The monoisotopic (exact) mass is 473 g/mol. The van der Waals surface area contributed by atoms with Crippen LogP contribution in [-0.2, 0) is 19.1 Å². The van der Waals surface area contributed by atoms with Gasteiger partial charge in [-0.25, -0.2) is 9.59 Å². The molecule has 6 nitrogen and oxygen atoms in total. The number of carbonyl (C=O) groups excluding carboxylic acids is 2. The number of methoxy groups -OCH3 is 2. The predicted molar refractivity (Wildman–Crippen MR) is 125 cm³/mol. The summed E-state index contributed by atoms with van der Waals surface area (Å²) in [7, 11) is 2.61. The van der Waals surface area contributed by atoms with E-state index in [0.29, 0.717) is 33.3 Å². The van der Waals surface area contributed by atoms with Crippen molar-refractivity contribution >= 4 is 35.3 Å². The Labute approximate surface area is 196 Å². The van der Waals surface area contributed by atoms with Crippen molar-refractivity contribution in [1.29, 1.82) is 0 Å². The van der Waals surface area contributed by atoms with Crippen LogP contribution in [0, 0.1) is 0 Å². The van der Waals surface area contributed by atoms with Crippen LogP contribution in [0.4, 0.5) is 0 Å². The first-order chi connectivity index (χ1) is 15.4. The number of allylic oxidation sites excluding steroid dienone is 1. The van der Waals surface area contributed by atoms with Crippen LogP contribution in [0.1, 0.15) is 18.4 Å². The summed E-state index contributed by atoms with van der Waals surface area (Å²) in [6, 6.07) is 16.3. The minimum atomic E-state index is -0.751. The molecule has 0 saturated heterocycles. The fourth-order valence-electron chi connectivity index (χ4n) is 3.62. The Hall–Kier alpha value is -2.90. The predicted octanol–water partition coefficient (Wildman–Crippen LogP) is 4.67. The van der Waals surface area contributed by atoms with E-state index in [4.69, 9.17) is 25.8 Å². The Kier molecular flexibility index (Phi) is 7.88. The second-order valence-corrected chi connectivity index (χ2v) is 8.30. The van der Waals surface area contributed by atoms with Crippen LogP contribution in [0.25, 0.3) is 0 Å². The lowest BCUT2D eigenvalue weighted by Crippen LogP contribution is -2.38. The molecule has 0 fully saturated rings. The van der Waals surface area contributed by atoms with Crippen molar-refractivity contribution in [3.63, 3.8) is 0 Å². The Balaban J connectivity index is 2.22. The van der Waals surface area contributed by atoms with Gasteiger partial charge < -0.3 is 19.5 Å². The van der Waals surface area contributed by atoms with Gasteiger partial charge in [-0.3, -0.25) is 0 Å². The Morgan fingerprint density at radius 2 is 1.66 bits per heavy atom. The molecule has 8 heteroatoms. The van der Waals surface area contributed by atoms with Crippen LogP contribution >= 0.6 is 23.4 Å². The largest absolute Gasteiger partial charge is 0.473 e. The molecular weight excluding hydrogens is 450 g/mol. The maximum Gasteiger partial charge on any atom is 0.336 e. The van der Waals surface area contributed by atoms with Gasteiger partial charge in [-0.1, -0.05) is 41.9 Å². The van der Waals surface area contributed by atoms with Gasteiger partial charge in [0.25, 0.3) is 0 Å². The third-order valence-corrected chi connectivity index (χ3v) is 6.02. The van der Waals surface area contributed by atoms with Crippen LogP contribution in [-0.4, -0.2) is 37.8 Å². The molecule has 0 amide bonds. The fourth-order valence-corrected chi connectivity index (χ4v) is 4.45. The topological polar surface area (TPSA) is 73.9 Å². The number of thioether (sulfide) groups is 1. The Morgan fingerprint density at radius 3 is 2.25 bits per heavy atom. The zero-order valence-electron chi connectivity index (χ0n) is 18.2. The molecule has 1 N–H and O–H groups in total.